The average molecular weight is 663 g/mol. The van der Waals surface area contributed by atoms with Gasteiger partial charge in [0.1, 0.15) is 0 Å². The zero-order valence-corrected chi connectivity index (χ0v) is 28.5. The molecule has 0 saturated heterocycles. The lowest BCUT2D eigenvalue weighted by molar-refractivity contribution is 1.18. The first-order valence-electron chi connectivity index (χ1n) is 17.9. The quantitative estimate of drug-likeness (QED) is 0.161. The summed E-state index contributed by atoms with van der Waals surface area (Å²) in [5.41, 5.74) is 11.7. The molecule has 52 heavy (non-hydrogen) atoms. The molecule has 0 amide bonds. The monoisotopic (exact) mass is 662 g/mol. The highest BCUT2D eigenvalue weighted by atomic mass is 15.1. The molecular formula is C50H34N2. The zero-order chi connectivity index (χ0) is 34.4. The van der Waals surface area contributed by atoms with E-state index in [4.69, 9.17) is 0 Å². The second kappa shape index (κ2) is 12.5. The van der Waals surface area contributed by atoms with Crippen molar-refractivity contribution in [3.05, 3.63) is 206 Å². The number of benzene rings is 9. The van der Waals surface area contributed by atoms with E-state index in [-0.39, 0.29) is 0 Å². The van der Waals surface area contributed by atoms with Crippen LogP contribution in [0, 0.1) is 0 Å². The maximum absolute atomic E-state index is 2.40. The molecule has 0 saturated carbocycles. The summed E-state index contributed by atoms with van der Waals surface area (Å²) in [6.07, 6.45) is 0. The number of rotatable bonds is 6. The number of hydrogen-bond donors (Lipinski definition) is 0. The minimum atomic E-state index is 1.11. The van der Waals surface area contributed by atoms with E-state index in [0.717, 1.165) is 22.7 Å². The molecule has 10 aromatic rings. The van der Waals surface area contributed by atoms with Gasteiger partial charge in [-0.15, -0.1) is 0 Å². The SMILES string of the molecule is c1ccc(-c2ccc(N(c3ccc(-c4cccc(-n5c6ccccc6c6ccccc65)c4)cc3)c3cc4ccccc4c4ccccc34)cc2)cc1. The highest BCUT2D eigenvalue weighted by molar-refractivity contribution is 6.14. The van der Waals surface area contributed by atoms with Gasteiger partial charge in [-0.05, 0) is 93.0 Å². The van der Waals surface area contributed by atoms with Gasteiger partial charge in [0.2, 0.25) is 0 Å². The first-order valence-corrected chi connectivity index (χ1v) is 17.9. The molecule has 0 unspecified atom stereocenters. The van der Waals surface area contributed by atoms with Gasteiger partial charge in [-0.3, -0.25) is 0 Å². The first kappa shape index (κ1) is 30.0. The lowest BCUT2D eigenvalue weighted by atomic mass is 9.98. The van der Waals surface area contributed by atoms with Gasteiger partial charge in [-0.1, -0.05) is 152 Å². The number of nitrogens with zero attached hydrogens (tertiary/aromatic N) is 2. The molecular weight excluding hydrogens is 629 g/mol. The molecule has 9 aromatic carbocycles. The maximum atomic E-state index is 2.40. The molecule has 0 N–H and O–H groups in total. The van der Waals surface area contributed by atoms with E-state index in [1.807, 2.05) is 0 Å². The summed E-state index contributed by atoms with van der Waals surface area (Å²) in [5, 5.41) is 7.49. The summed E-state index contributed by atoms with van der Waals surface area (Å²) >= 11 is 0. The van der Waals surface area contributed by atoms with E-state index in [9.17, 15) is 0 Å². The van der Waals surface area contributed by atoms with E-state index in [0.29, 0.717) is 0 Å². The van der Waals surface area contributed by atoms with Crippen molar-refractivity contribution in [2.75, 3.05) is 4.90 Å². The highest BCUT2D eigenvalue weighted by Crippen LogP contribution is 2.43. The Balaban J connectivity index is 1.10. The Morgan fingerprint density at radius 2 is 0.788 bits per heavy atom. The highest BCUT2D eigenvalue weighted by Gasteiger charge is 2.18. The number of anilines is 3. The Hall–Kier alpha value is -6.90. The smallest absolute Gasteiger partial charge is 0.0546 e. The van der Waals surface area contributed by atoms with Crippen molar-refractivity contribution in [3.8, 4) is 27.9 Å². The molecule has 0 bridgehead atoms. The molecule has 10 rings (SSSR count). The molecule has 1 aromatic heterocycles. The minimum Gasteiger partial charge on any atom is -0.310 e. The van der Waals surface area contributed by atoms with Gasteiger partial charge in [0, 0.05) is 33.2 Å². The number of fused-ring (bicyclic) bond motifs is 6. The van der Waals surface area contributed by atoms with Crippen molar-refractivity contribution in [1.82, 2.24) is 4.57 Å². The molecule has 0 fully saturated rings. The summed E-state index contributed by atoms with van der Waals surface area (Å²) in [7, 11) is 0. The van der Waals surface area contributed by atoms with E-state index in [2.05, 4.69) is 216 Å². The molecule has 0 aliphatic rings. The van der Waals surface area contributed by atoms with Crippen molar-refractivity contribution < 1.29 is 0 Å². The third-order valence-electron chi connectivity index (χ3n) is 10.4. The van der Waals surface area contributed by atoms with Crippen LogP contribution in [0.4, 0.5) is 17.1 Å². The summed E-state index contributed by atoms with van der Waals surface area (Å²) in [5.74, 6) is 0. The van der Waals surface area contributed by atoms with E-state index in [1.165, 1.54) is 65.6 Å². The molecule has 0 spiro atoms. The van der Waals surface area contributed by atoms with Crippen molar-refractivity contribution in [3.63, 3.8) is 0 Å². The Morgan fingerprint density at radius 3 is 1.44 bits per heavy atom. The predicted molar refractivity (Wildman–Crippen MR) is 221 cm³/mol. The van der Waals surface area contributed by atoms with Crippen LogP contribution in [-0.2, 0) is 0 Å². The van der Waals surface area contributed by atoms with Crippen LogP contribution in [0.2, 0.25) is 0 Å². The Morgan fingerprint density at radius 1 is 0.308 bits per heavy atom. The number of hydrogen-bond acceptors (Lipinski definition) is 1. The maximum Gasteiger partial charge on any atom is 0.0546 e. The van der Waals surface area contributed by atoms with Gasteiger partial charge in [-0.25, -0.2) is 0 Å². The molecule has 0 aliphatic heterocycles. The van der Waals surface area contributed by atoms with Crippen LogP contribution in [0.15, 0.2) is 206 Å². The summed E-state index contributed by atoms with van der Waals surface area (Å²) in [4.78, 5) is 2.40. The largest absolute Gasteiger partial charge is 0.310 e. The summed E-state index contributed by atoms with van der Waals surface area (Å²) in [6.45, 7) is 0. The van der Waals surface area contributed by atoms with Gasteiger partial charge in [0.15, 0.2) is 0 Å². The van der Waals surface area contributed by atoms with Crippen molar-refractivity contribution in [2.45, 2.75) is 0 Å². The van der Waals surface area contributed by atoms with Crippen LogP contribution in [-0.4, -0.2) is 4.57 Å². The molecule has 1 heterocycles. The predicted octanol–water partition coefficient (Wildman–Crippen LogP) is 13.9. The van der Waals surface area contributed by atoms with Crippen molar-refractivity contribution >= 4 is 60.4 Å². The van der Waals surface area contributed by atoms with Gasteiger partial charge >= 0.3 is 0 Å². The van der Waals surface area contributed by atoms with E-state index < -0.39 is 0 Å². The first-order chi connectivity index (χ1) is 25.8. The Bertz CT molecular complexity index is 2830. The van der Waals surface area contributed by atoms with E-state index >= 15 is 0 Å². The topological polar surface area (TPSA) is 8.17 Å². The van der Waals surface area contributed by atoms with Crippen LogP contribution >= 0.6 is 0 Å². The molecule has 0 atom stereocenters. The molecule has 2 heteroatoms. The normalized spacial score (nSPS) is 11.5. The summed E-state index contributed by atoms with van der Waals surface area (Å²) < 4.78 is 2.38. The standard InChI is InChI=1S/C50H34N2/c1-2-13-35(14-3-1)36-25-29-40(30-26-36)51(50-34-39-15-4-5-18-43(39)44-19-6-7-20-45(44)50)41-31-27-37(28-32-41)38-16-12-17-42(33-38)52-48-23-10-8-21-46(48)47-22-9-11-24-49(47)52/h1-34H. The fourth-order valence-corrected chi connectivity index (χ4v) is 7.91. The van der Waals surface area contributed by atoms with Crippen molar-refractivity contribution in [1.29, 1.82) is 0 Å². The lowest BCUT2D eigenvalue weighted by Crippen LogP contribution is -2.10. The molecule has 0 radical (unpaired) electrons. The van der Waals surface area contributed by atoms with Crippen LogP contribution in [0.5, 0.6) is 0 Å². The van der Waals surface area contributed by atoms with Crippen LogP contribution in [0.1, 0.15) is 0 Å². The fraction of sp³-hybridized carbons (Fsp3) is 0. The Labute approximate surface area is 303 Å². The van der Waals surface area contributed by atoms with Gasteiger partial charge in [0.05, 0.1) is 16.7 Å². The number of para-hydroxylation sites is 2. The second-order valence-corrected chi connectivity index (χ2v) is 13.4. The van der Waals surface area contributed by atoms with E-state index in [1.54, 1.807) is 0 Å². The number of aromatic nitrogens is 1. The molecule has 0 aliphatic carbocycles. The molecule has 2 nitrogen and oxygen atoms in total. The van der Waals surface area contributed by atoms with Gasteiger partial charge in [0.25, 0.3) is 0 Å². The second-order valence-electron chi connectivity index (χ2n) is 13.4. The third kappa shape index (κ3) is 5.04. The van der Waals surface area contributed by atoms with Crippen LogP contribution in [0.25, 0.3) is 71.3 Å². The molecule has 244 valence electrons. The van der Waals surface area contributed by atoms with Gasteiger partial charge < -0.3 is 9.47 Å². The minimum absolute atomic E-state index is 1.11. The third-order valence-corrected chi connectivity index (χ3v) is 10.4. The fourth-order valence-electron chi connectivity index (χ4n) is 7.91. The average Bonchev–Trinajstić information content (AvgIpc) is 3.56. The van der Waals surface area contributed by atoms with Gasteiger partial charge in [-0.2, -0.15) is 0 Å². The van der Waals surface area contributed by atoms with Crippen molar-refractivity contribution in [2.24, 2.45) is 0 Å². The zero-order valence-electron chi connectivity index (χ0n) is 28.5. The Kier molecular flexibility index (Phi) is 7.18. The van der Waals surface area contributed by atoms with Crippen LogP contribution in [0.3, 0.4) is 0 Å². The lowest BCUT2D eigenvalue weighted by Gasteiger charge is -2.28. The summed E-state index contributed by atoms with van der Waals surface area (Å²) in [6, 6.07) is 74.7. The van der Waals surface area contributed by atoms with Crippen LogP contribution < -0.4 is 4.90 Å².